The van der Waals surface area contributed by atoms with Crippen LogP contribution in [0.1, 0.15) is 44.5 Å². The van der Waals surface area contributed by atoms with Gasteiger partial charge in [-0.3, -0.25) is 0 Å². The number of benzene rings is 14. The number of fused-ring (bicyclic) bond motifs is 6. The molecule has 0 fully saturated rings. The molecule has 2 aliphatic rings. The molecule has 0 heterocycles. The lowest BCUT2D eigenvalue weighted by atomic mass is 9.67. The van der Waals surface area contributed by atoms with Crippen molar-refractivity contribution in [1.82, 2.24) is 0 Å². The van der Waals surface area contributed by atoms with Gasteiger partial charge in [-0.1, -0.05) is 303 Å². The zero-order valence-electron chi connectivity index (χ0n) is 42.9. The lowest BCUT2D eigenvalue weighted by Crippen LogP contribution is -2.28. The summed E-state index contributed by atoms with van der Waals surface area (Å²) in [5.74, 6) is 0. The minimum atomic E-state index is -0.483. The molecule has 362 valence electrons. The molecule has 0 unspecified atom stereocenters. The van der Waals surface area contributed by atoms with Crippen LogP contribution in [0.15, 0.2) is 303 Å². The van der Waals surface area contributed by atoms with Gasteiger partial charge < -0.3 is 0 Å². The summed E-state index contributed by atoms with van der Waals surface area (Å²) in [6, 6.07) is 114. The Balaban J connectivity index is 0.887. The van der Waals surface area contributed by atoms with Crippen LogP contribution in [0.25, 0.3) is 99.1 Å². The zero-order chi connectivity index (χ0) is 51.4. The molecule has 14 aromatic carbocycles. The Labute approximate surface area is 455 Å². The Morgan fingerprint density at radius 3 is 0.795 bits per heavy atom. The van der Waals surface area contributed by atoms with Crippen LogP contribution in [0.3, 0.4) is 0 Å². The van der Waals surface area contributed by atoms with Gasteiger partial charge in [-0.25, -0.2) is 0 Å². The zero-order valence-corrected chi connectivity index (χ0v) is 42.9. The molecule has 0 amide bonds. The standard InChI is InChI=1S/C78H50/c1-5-23-53(24-6-1)77(54-25-7-2-8-26-54)69-39-19-17-35-67(69)75-63(37-21-41-71(75)77)59-33-15-13-31-57(59)61-47-43-51-46-50-66-62(48-44-52-45-49-65(61)73(51)74(52)66)58-32-14-16-34-60(58)64-38-22-42-72-76(64)68-36-18-20-40-70(68)78(72,55-27-9-3-10-28-55)56-29-11-4-12-30-56/h1-50H. The largest absolute Gasteiger partial charge is 0.0713 e. The number of rotatable bonds is 8. The lowest BCUT2D eigenvalue weighted by molar-refractivity contribution is 0.768. The van der Waals surface area contributed by atoms with Crippen molar-refractivity contribution in [3.63, 3.8) is 0 Å². The van der Waals surface area contributed by atoms with Crippen molar-refractivity contribution in [2.75, 3.05) is 0 Å². The van der Waals surface area contributed by atoms with Crippen LogP contribution in [0.5, 0.6) is 0 Å². The van der Waals surface area contributed by atoms with Gasteiger partial charge in [0, 0.05) is 0 Å². The van der Waals surface area contributed by atoms with Gasteiger partial charge in [0.25, 0.3) is 0 Å². The lowest BCUT2D eigenvalue weighted by Gasteiger charge is -2.34. The monoisotopic (exact) mass is 986 g/mol. The van der Waals surface area contributed by atoms with Gasteiger partial charge in [0.05, 0.1) is 10.8 Å². The average Bonchev–Trinajstić information content (AvgIpc) is 3.89. The molecule has 0 saturated heterocycles. The van der Waals surface area contributed by atoms with E-state index in [0.717, 1.165) is 0 Å². The van der Waals surface area contributed by atoms with E-state index < -0.39 is 10.8 Å². The number of hydrogen-bond donors (Lipinski definition) is 0. The predicted molar refractivity (Wildman–Crippen MR) is 326 cm³/mol. The van der Waals surface area contributed by atoms with E-state index in [1.54, 1.807) is 0 Å². The van der Waals surface area contributed by atoms with Crippen molar-refractivity contribution in [3.05, 3.63) is 348 Å². The maximum Gasteiger partial charge on any atom is 0.0713 e. The maximum atomic E-state index is 2.38. The second kappa shape index (κ2) is 17.3. The first-order valence-corrected chi connectivity index (χ1v) is 27.3. The van der Waals surface area contributed by atoms with E-state index >= 15 is 0 Å². The van der Waals surface area contributed by atoms with E-state index in [0.29, 0.717) is 0 Å². The van der Waals surface area contributed by atoms with E-state index in [-0.39, 0.29) is 0 Å². The Bertz CT molecular complexity index is 4270. The molecule has 0 spiro atoms. The molecule has 0 nitrogen and oxygen atoms in total. The first-order valence-electron chi connectivity index (χ1n) is 27.3. The average molecular weight is 987 g/mol. The van der Waals surface area contributed by atoms with E-state index in [9.17, 15) is 0 Å². The first kappa shape index (κ1) is 44.4. The fourth-order valence-electron chi connectivity index (χ4n) is 14.6. The predicted octanol–water partition coefficient (Wildman–Crippen LogP) is 20.0. The van der Waals surface area contributed by atoms with Crippen molar-refractivity contribution < 1.29 is 0 Å². The van der Waals surface area contributed by atoms with Crippen molar-refractivity contribution in [2.45, 2.75) is 10.8 Å². The second-order valence-electron chi connectivity index (χ2n) is 21.3. The molecule has 0 aromatic heterocycles. The van der Waals surface area contributed by atoms with Crippen LogP contribution in [0, 0.1) is 0 Å². The van der Waals surface area contributed by atoms with Crippen molar-refractivity contribution in [2.24, 2.45) is 0 Å². The van der Waals surface area contributed by atoms with Crippen LogP contribution >= 0.6 is 0 Å². The van der Waals surface area contributed by atoms with Gasteiger partial charge >= 0.3 is 0 Å². The smallest absolute Gasteiger partial charge is 0.0622 e. The molecule has 14 aromatic rings. The second-order valence-corrected chi connectivity index (χ2v) is 21.3. The Morgan fingerprint density at radius 1 is 0.167 bits per heavy atom. The summed E-state index contributed by atoms with van der Waals surface area (Å²) in [6.45, 7) is 0. The first-order chi connectivity index (χ1) is 38.7. The molecule has 0 heteroatoms. The summed E-state index contributed by atoms with van der Waals surface area (Å²) < 4.78 is 0. The molecule has 2 aliphatic carbocycles. The summed E-state index contributed by atoms with van der Waals surface area (Å²) >= 11 is 0. The molecule has 0 radical (unpaired) electrons. The minimum absolute atomic E-state index is 0.483. The fourth-order valence-corrected chi connectivity index (χ4v) is 14.6. The van der Waals surface area contributed by atoms with Crippen molar-refractivity contribution in [1.29, 1.82) is 0 Å². The highest BCUT2D eigenvalue weighted by atomic mass is 14.5. The highest BCUT2D eigenvalue weighted by Gasteiger charge is 2.48. The van der Waals surface area contributed by atoms with Crippen LogP contribution < -0.4 is 0 Å². The fraction of sp³-hybridized carbons (Fsp3) is 0.0256. The normalized spacial score (nSPS) is 13.6. The van der Waals surface area contributed by atoms with Crippen LogP contribution in [-0.4, -0.2) is 0 Å². The third-order valence-corrected chi connectivity index (χ3v) is 17.6. The topological polar surface area (TPSA) is 0 Å². The summed E-state index contributed by atoms with van der Waals surface area (Å²) in [4.78, 5) is 0. The Kier molecular flexibility index (Phi) is 9.87. The van der Waals surface area contributed by atoms with E-state index in [1.165, 1.54) is 144 Å². The molecular weight excluding hydrogens is 937 g/mol. The van der Waals surface area contributed by atoms with Crippen LogP contribution in [0.4, 0.5) is 0 Å². The van der Waals surface area contributed by atoms with Crippen LogP contribution in [-0.2, 0) is 10.8 Å². The molecule has 0 N–H and O–H groups in total. The van der Waals surface area contributed by atoms with Gasteiger partial charge in [-0.15, -0.1) is 0 Å². The SMILES string of the molecule is c1ccc(C2(c3ccccc3)c3ccccc3-c3c(-c4ccccc4-c4ccc5ccc6c(-c7ccccc7-c7cccc8c7-c7ccccc7C8(c7ccccc7)c7ccccc7)ccc7ccc4c5c76)cccc32)cc1. The molecule has 0 saturated carbocycles. The van der Waals surface area contributed by atoms with E-state index in [1.807, 2.05) is 0 Å². The van der Waals surface area contributed by atoms with Gasteiger partial charge in [-0.05, 0) is 144 Å². The van der Waals surface area contributed by atoms with Crippen LogP contribution in [0.2, 0.25) is 0 Å². The Morgan fingerprint density at radius 2 is 0.436 bits per heavy atom. The maximum absolute atomic E-state index is 2.38. The molecule has 16 rings (SSSR count). The van der Waals surface area contributed by atoms with E-state index in [2.05, 4.69) is 303 Å². The summed E-state index contributed by atoms with van der Waals surface area (Å²) in [6.07, 6.45) is 0. The van der Waals surface area contributed by atoms with Gasteiger partial charge in [-0.2, -0.15) is 0 Å². The molecule has 0 aliphatic heterocycles. The van der Waals surface area contributed by atoms with E-state index in [4.69, 9.17) is 0 Å². The minimum Gasteiger partial charge on any atom is -0.0622 e. The third kappa shape index (κ3) is 6.12. The number of hydrogen-bond acceptors (Lipinski definition) is 0. The quantitative estimate of drug-likeness (QED) is 0.133. The summed E-state index contributed by atoms with van der Waals surface area (Å²) in [7, 11) is 0. The van der Waals surface area contributed by atoms with Gasteiger partial charge in [0.2, 0.25) is 0 Å². The van der Waals surface area contributed by atoms with Crippen molar-refractivity contribution in [3.8, 4) is 66.8 Å². The highest BCUT2D eigenvalue weighted by molar-refractivity contribution is 6.28. The molecule has 0 atom stereocenters. The molecule has 78 heavy (non-hydrogen) atoms. The third-order valence-electron chi connectivity index (χ3n) is 17.6. The molecule has 0 bridgehead atoms. The van der Waals surface area contributed by atoms with Gasteiger partial charge in [0.15, 0.2) is 0 Å². The Hall–Kier alpha value is -9.88. The highest BCUT2D eigenvalue weighted by Crippen LogP contribution is 2.61. The summed E-state index contributed by atoms with van der Waals surface area (Å²) in [5, 5.41) is 7.62. The summed E-state index contributed by atoms with van der Waals surface area (Å²) in [5.41, 5.74) is 24.4. The molecular formula is C78H50. The van der Waals surface area contributed by atoms with Gasteiger partial charge in [0.1, 0.15) is 0 Å². The van der Waals surface area contributed by atoms with Crippen molar-refractivity contribution >= 4 is 32.3 Å².